The van der Waals surface area contributed by atoms with Gasteiger partial charge in [-0.3, -0.25) is 9.20 Å². The van der Waals surface area contributed by atoms with E-state index in [4.69, 9.17) is 14.8 Å². The highest BCUT2D eigenvalue weighted by Gasteiger charge is 2.19. The number of rotatable bonds is 5. The van der Waals surface area contributed by atoms with Crippen molar-refractivity contribution in [2.45, 2.75) is 53.6 Å². The van der Waals surface area contributed by atoms with Crippen LogP contribution >= 0.6 is 0 Å². The molecular formula is C31H32N4O2. The highest BCUT2D eigenvalue weighted by atomic mass is 16.5. The van der Waals surface area contributed by atoms with Crippen LogP contribution in [0.3, 0.4) is 0 Å². The zero-order chi connectivity index (χ0) is 26.3. The minimum atomic E-state index is -0.170. The van der Waals surface area contributed by atoms with Crippen LogP contribution in [0.5, 0.6) is 5.75 Å². The molecule has 0 bridgehead atoms. The Hall–Kier alpha value is -4.19. The number of hydrogen-bond donors (Lipinski definition) is 0. The van der Waals surface area contributed by atoms with Crippen molar-refractivity contribution >= 4 is 5.65 Å². The molecule has 0 spiro atoms. The molecule has 0 fully saturated rings. The van der Waals surface area contributed by atoms with E-state index in [0.717, 1.165) is 22.5 Å². The molecule has 0 saturated carbocycles. The topological polar surface area (TPSA) is 61.4 Å². The third-order valence-electron chi connectivity index (χ3n) is 6.60. The van der Waals surface area contributed by atoms with Gasteiger partial charge >= 0.3 is 0 Å². The molecule has 0 aliphatic heterocycles. The lowest BCUT2D eigenvalue weighted by atomic mass is 9.87. The van der Waals surface area contributed by atoms with Gasteiger partial charge in [0.2, 0.25) is 0 Å². The second kappa shape index (κ2) is 9.36. The Labute approximate surface area is 217 Å². The van der Waals surface area contributed by atoms with Crippen molar-refractivity contribution in [2.75, 3.05) is 0 Å². The lowest BCUT2D eigenvalue weighted by Crippen LogP contribution is -2.19. The Bertz CT molecular complexity index is 1650. The van der Waals surface area contributed by atoms with Crippen LogP contribution < -0.4 is 10.3 Å². The van der Waals surface area contributed by atoms with E-state index in [2.05, 4.69) is 51.1 Å². The van der Waals surface area contributed by atoms with Gasteiger partial charge in [-0.25, -0.2) is 9.67 Å². The molecule has 0 saturated heterocycles. The van der Waals surface area contributed by atoms with Gasteiger partial charge < -0.3 is 4.74 Å². The van der Waals surface area contributed by atoms with E-state index in [1.165, 1.54) is 5.56 Å². The second-order valence-corrected chi connectivity index (χ2v) is 10.6. The van der Waals surface area contributed by atoms with Crippen molar-refractivity contribution in [2.24, 2.45) is 0 Å². The van der Waals surface area contributed by atoms with E-state index in [1.807, 2.05) is 61.9 Å². The van der Waals surface area contributed by atoms with Gasteiger partial charge in [0.1, 0.15) is 12.3 Å². The Kier molecular flexibility index (Phi) is 6.20. The van der Waals surface area contributed by atoms with Crippen molar-refractivity contribution in [3.8, 4) is 22.7 Å². The number of aromatic nitrogens is 4. The summed E-state index contributed by atoms with van der Waals surface area (Å²) >= 11 is 0. The number of benzene rings is 2. The fourth-order valence-corrected chi connectivity index (χ4v) is 4.53. The largest absolute Gasteiger partial charge is 0.485 e. The van der Waals surface area contributed by atoms with Gasteiger partial charge in [0.25, 0.3) is 5.56 Å². The smallest absolute Gasteiger partial charge is 0.267 e. The maximum absolute atomic E-state index is 13.6. The third-order valence-corrected chi connectivity index (χ3v) is 6.60. The molecule has 0 atom stereocenters. The van der Waals surface area contributed by atoms with E-state index < -0.39 is 0 Å². The van der Waals surface area contributed by atoms with E-state index in [9.17, 15) is 4.79 Å². The predicted octanol–water partition coefficient (Wildman–Crippen LogP) is 6.35. The van der Waals surface area contributed by atoms with Gasteiger partial charge in [-0.15, -0.1) is 0 Å². The standard InChI is InChI=1S/C31H32N4O2/c1-20-9-7-10-25(17-20)35-21(2)18-26(33-35)28-22(3)32-29-27(11-8-16-34(29)30(28)36)37-19-23-12-14-24(15-13-23)31(4,5)6/h7-18H,19H2,1-6H3. The molecule has 0 radical (unpaired) electrons. The first-order chi connectivity index (χ1) is 17.6. The zero-order valence-corrected chi connectivity index (χ0v) is 22.2. The van der Waals surface area contributed by atoms with Gasteiger partial charge in [0.05, 0.1) is 16.9 Å². The maximum atomic E-state index is 13.6. The molecule has 6 heteroatoms. The number of hydrogen-bond acceptors (Lipinski definition) is 4. The number of pyridine rings is 1. The highest BCUT2D eigenvalue weighted by molar-refractivity contribution is 5.65. The van der Waals surface area contributed by atoms with Crippen LogP contribution in [0.4, 0.5) is 0 Å². The molecule has 2 aromatic carbocycles. The normalized spacial score (nSPS) is 11.7. The predicted molar refractivity (Wildman–Crippen MR) is 148 cm³/mol. The minimum absolute atomic E-state index is 0.101. The fraction of sp³-hybridized carbons (Fsp3) is 0.258. The van der Waals surface area contributed by atoms with E-state index in [-0.39, 0.29) is 11.0 Å². The Morgan fingerprint density at radius 3 is 2.38 bits per heavy atom. The van der Waals surface area contributed by atoms with Gasteiger partial charge in [0.15, 0.2) is 11.4 Å². The molecule has 0 unspecified atom stereocenters. The lowest BCUT2D eigenvalue weighted by Gasteiger charge is -2.19. The highest BCUT2D eigenvalue weighted by Crippen LogP contribution is 2.26. The molecule has 6 nitrogen and oxygen atoms in total. The number of aryl methyl sites for hydroxylation is 3. The van der Waals surface area contributed by atoms with Gasteiger partial charge in [-0.05, 0) is 73.2 Å². The minimum Gasteiger partial charge on any atom is -0.485 e. The second-order valence-electron chi connectivity index (χ2n) is 10.6. The van der Waals surface area contributed by atoms with Crippen LogP contribution in [-0.4, -0.2) is 19.2 Å². The quantitative estimate of drug-likeness (QED) is 0.287. The molecule has 0 aliphatic rings. The Morgan fingerprint density at radius 1 is 0.919 bits per heavy atom. The number of nitrogens with zero attached hydrogens (tertiary/aromatic N) is 4. The summed E-state index contributed by atoms with van der Waals surface area (Å²) in [5, 5.41) is 4.77. The van der Waals surface area contributed by atoms with Crippen LogP contribution in [0.1, 0.15) is 48.8 Å². The first kappa shape index (κ1) is 24.5. The van der Waals surface area contributed by atoms with Crippen LogP contribution in [0.25, 0.3) is 22.6 Å². The molecule has 0 aliphatic carbocycles. The summed E-state index contributed by atoms with van der Waals surface area (Å²) in [4.78, 5) is 18.4. The van der Waals surface area contributed by atoms with Crippen molar-refractivity contribution < 1.29 is 4.74 Å². The summed E-state index contributed by atoms with van der Waals surface area (Å²) in [5.74, 6) is 0.565. The van der Waals surface area contributed by atoms with E-state index in [1.54, 1.807) is 10.6 Å². The van der Waals surface area contributed by atoms with Crippen molar-refractivity contribution in [1.29, 1.82) is 0 Å². The Morgan fingerprint density at radius 2 is 1.68 bits per heavy atom. The van der Waals surface area contributed by atoms with E-state index in [0.29, 0.717) is 35.0 Å². The van der Waals surface area contributed by atoms with Gasteiger partial charge in [-0.1, -0.05) is 57.2 Å². The number of fused-ring (bicyclic) bond motifs is 1. The lowest BCUT2D eigenvalue weighted by molar-refractivity contribution is 0.307. The number of ether oxygens (including phenoxy) is 1. The molecule has 0 N–H and O–H groups in total. The molecule has 5 rings (SSSR count). The molecule has 3 aromatic heterocycles. The van der Waals surface area contributed by atoms with Crippen LogP contribution in [0, 0.1) is 20.8 Å². The summed E-state index contributed by atoms with van der Waals surface area (Å²) in [5.41, 5.74) is 7.52. The molecular weight excluding hydrogens is 460 g/mol. The zero-order valence-electron chi connectivity index (χ0n) is 22.2. The van der Waals surface area contributed by atoms with Crippen LogP contribution in [-0.2, 0) is 12.0 Å². The van der Waals surface area contributed by atoms with Crippen LogP contribution in [0.2, 0.25) is 0 Å². The average molecular weight is 493 g/mol. The summed E-state index contributed by atoms with van der Waals surface area (Å²) in [7, 11) is 0. The van der Waals surface area contributed by atoms with E-state index >= 15 is 0 Å². The molecule has 188 valence electrons. The first-order valence-electron chi connectivity index (χ1n) is 12.5. The maximum Gasteiger partial charge on any atom is 0.267 e. The monoisotopic (exact) mass is 492 g/mol. The third kappa shape index (κ3) is 4.79. The SMILES string of the molecule is Cc1cccc(-n2nc(-c3c(C)nc4c(OCc5ccc(C(C)(C)C)cc5)cccn4c3=O)cc2C)c1. The molecule has 3 heterocycles. The summed E-state index contributed by atoms with van der Waals surface area (Å²) in [6.45, 7) is 12.9. The van der Waals surface area contributed by atoms with Crippen molar-refractivity contribution in [1.82, 2.24) is 19.2 Å². The van der Waals surface area contributed by atoms with Crippen LogP contribution in [0.15, 0.2) is 77.7 Å². The van der Waals surface area contributed by atoms with Crippen molar-refractivity contribution in [3.63, 3.8) is 0 Å². The van der Waals surface area contributed by atoms with Gasteiger partial charge in [-0.2, -0.15) is 5.10 Å². The molecule has 5 aromatic rings. The van der Waals surface area contributed by atoms with Crippen molar-refractivity contribution in [3.05, 3.63) is 111 Å². The average Bonchev–Trinajstić information content (AvgIpc) is 3.23. The summed E-state index contributed by atoms with van der Waals surface area (Å²) < 4.78 is 9.54. The summed E-state index contributed by atoms with van der Waals surface area (Å²) in [6, 6.07) is 22.2. The Balaban J connectivity index is 1.49. The molecule has 0 amide bonds. The van der Waals surface area contributed by atoms with Gasteiger partial charge in [0, 0.05) is 11.9 Å². The fourth-order valence-electron chi connectivity index (χ4n) is 4.53. The molecule has 37 heavy (non-hydrogen) atoms. The first-order valence-corrected chi connectivity index (χ1v) is 12.5. The summed E-state index contributed by atoms with van der Waals surface area (Å²) in [6.07, 6.45) is 1.73.